The van der Waals surface area contributed by atoms with E-state index in [2.05, 4.69) is 20.2 Å². The number of nitrogens with zero attached hydrogens (tertiary/aromatic N) is 4. The SMILES string of the molecule is CCCN(CC(=O)Nc1ccccc1C)C(=O)C1CCCN(c2ncccn2)C1. The summed E-state index contributed by atoms with van der Waals surface area (Å²) in [7, 11) is 0. The van der Waals surface area contributed by atoms with Crippen molar-refractivity contribution in [2.45, 2.75) is 33.1 Å². The summed E-state index contributed by atoms with van der Waals surface area (Å²) in [5.74, 6) is 0.377. The van der Waals surface area contributed by atoms with Crippen LogP contribution in [-0.4, -0.2) is 52.9 Å². The maximum atomic E-state index is 13.2. The summed E-state index contributed by atoms with van der Waals surface area (Å²) in [6.45, 7) is 6.03. The number of hydrogen-bond acceptors (Lipinski definition) is 5. The molecule has 1 aliphatic rings. The van der Waals surface area contributed by atoms with Gasteiger partial charge >= 0.3 is 0 Å². The molecule has 0 spiro atoms. The van der Waals surface area contributed by atoms with Crippen molar-refractivity contribution in [2.75, 3.05) is 36.4 Å². The highest BCUT2D eigenvalue weighted by Crippen LogP contribution is 2.22. The van der Waals surface area contributed by atoms with Gasteiger partial charge in [-0.25, -0.2) is 9.97 Å². The highest BCUT2D eigenvalue weighted by Gasteiger charge is 2.30. The molecule has 1 unspecified atom stereocenters. The zero-order chi connectivity index (χ0) is 20.6. The second-order valence-electron chi connectivity index (χ2n) is 7.46. The highest BCUT2D eigenvalue weighted by atomic mass is 16.2. The van der Waals surface area contributed by atoms with Crippen LogP contribution in [0.2, 0.25) is 0 Å². The van der Waals surface area contributed by atoms with E-state index in [-0.39, 0.29) is 24.3 Å². The van der Waals surface area contributed by atoms with E-state index in [9.17, 15) is 9.59 Å². The van der Waals surface area contributed by atoms with E-state index in [0.29, 0.717) is 19.0 Å². The van der Waals surface area contributed by atoms with Gasteiger partial charge in [-0.3, -0.25) is 9.59 Å². The summed E-state index contributed by atoms with van der Waals surface area (Å²) in [6.07, 6.45) is 5.97. The Morgan fingerprint density at radius 1 is 1.21 bits per heavy atom. The summed E-state index contributed by atoms with van der Waals surface area (Å²) in [5.41, 5.74) is 1.78. The third-order valence-corrected chi connectivity index (χ3v) is 5.16. The molecule has 1 saturated heterocycles. The maximum Gasteiger partial charge on any atom is 0.244 e. The van der Waals surface area contributed by atoms with E-state index in [1.165, 1.54) is 0 Å². The van der Waals surface area contributed by atoms with E-state index in [0.717, 1.165) is 37.1 Å². The number of carbonyl (C=O) groups is 2. The molecule has 1 aromatic heterocycles. The Balaban J connectivity index is 1.64. The fourth-order valence-electron chi connectivity index (χ4n) is 3.69. The summed E-state index contributed by atoms with van der Waals surface area (Å²) in [4.78, 5) is 38.1. The average Bonchev–Trinajstić information content (AvgIpc) is 2.75. The lowest BCUT2D eigenvalue weighted by molar-refractivity contribution is -0.138. The first-order valence-corrected chi connectivity index (χ1v) is 10.2. The molecular weight excluding hydrogens is 366 g/mol. The van der Waals surface area contributed by atoms with E-state index in [1.807, 2.05) is 38.1 Å². The van der Waals surface area contributed by atoms with Gasteiger partial charge in [-0.1, -0.05) is 25.1 Å². The van der Waals surface area contributed by atoms with Crippen LogP contribution in [0.3, 0.4) is 0 Å². The quantitative estimate of drug-likeness (QED) is 0.780. The van der Waals surface area contributed by atoms with Gasteiger partial charge in [0, 0.05) is 37.7 Å². The third kappa shape index (κ3) is 5.53. The van der Waals surface area contributed by atoms with Gasteiger partial charge in [0.05, 0.1) is 12.5 Å². The van der Waals surface area contributed by atoms with Crippen LogP contribution < -0.4 is 10.2 Å². The Labute approximate surface area is 172 Å². The average molecular weight is 396 g/mol. The molecule has 1 N–H and O–H groups in total. The number of para-hydroxylation sites is 1. The van der Waals surface area contributed by atoms with Gasteiger partial charge in [-0.15, -0.1) is 0 Å². The van der Waals surface area contributed by atoms with Crippen molar-refractivity contribution in [3.63, 3.8) is 0 Å². The summed E-state index contributed by atoms with van der Waals surface area (Å²) < 4.78 is 0. The molecule has 3 rings (SSSR count). The van der Waals surface area contributed by atoms with Crippen molar-refractivity contribution in [3.8, 4) is 0 Å². The molecular formula is C22H29N5O2. The number of hydrogen-bond donors (Lipinski definition) is 1. The number of aromatic nitrogens is 2. The second kappa shape index (κ2) is 10.0. The van der Waals surface area contributed by atoms with Gasteiger partial charge in [0.1, 0.15) is 0 Å². The smallest absolute Gasteiger partial charge is 0.244 e. The molecule has 1 atom stereocenters. The molecule has 7 nitrogen and oxygen atoms in total. The van der Waals surface area contributed by atoms with Crippen molar-refractivity contribution >= 4 is 23.5 Å². The highest BCUT2D eigenvalue weighted by molar-refractivity contribution is 5.95. The van der Waals surface area contributed by atoms with Crippen LogP contribution in [0, 0.1) is 12.8 Å². The van der Waals surface area contributed by atoms with Crippen molar-refractivity contribution in [1.29, 1.82) is 0 Å². The monoisotopic (exact) mass is 395 g/mol. The Morgan fingerprint density at radius 3 is 2.69 bits per heavy atom. The van der Waals surface area contributed by atoms with Crippen molar-refractivity contribution in [3.05, 3.63) is 48.3 Å². The molecule has 154 valence electrons. The predicted octanol–water partition coefficient (Wildman–Crippen LogP) is 2.88. The lowest BCUT2D eigenvalue weighted by atomic mass is 9.96. The van der Waals surface area contributed by atoms with Gasteiger partial charge in [0.25, 0.3) is 0 Å². The topological polar surface area (TPSA) is 78.4 Å². The number of amides is 2. The van der Waals surface area contributed by atoms with E-state index in [1.54, 1.807) is 23.4 Å². The normalized spacial score (nSPS) is 16.3. The first-order chi connectivity index (χ1) is 14.1. The summed E-state index contributed by atoms with van der Waals surface area (Å²) >= 11 is 0. The van der Waals surface area contributed by atoms with Crippen LogP contribution in [0.4, 0.5) is 11.6 Å². The molecule has 2 amide bonds. The number of aryl methyl sites for hydroxylation is 1. The molecule has 29 heavy (non-hydrogen) atoms. The zero-order valence-electron chi connectivity index (χ0n) is 17.2. The van der Waals surface area contributed by atoms with E-state index >= 15 is 0 Å². The first kappa shape index (κ1) is 20.8. The molecule has 0 radical (unpaired) electrons. The van der Waals surface area contributed by atoms with E-state index < -0.39 is 0 Å². The van der Waals surface area contributed by atoms with E-state index in [4.69, 9.17) is 0 Å². The molecule has 1 aromatic carbocycles. The Bertz CT molecular complexity index is 827. The molecule has 0 bridgehead atoms. The summed E-state index contributed by atoms with van der Waals surface area (Å²) in [5, 5.41) is 2.93. The van der Waals surface area contributed by atoms with Crippen LogP contribution in [0.25, 0.3) is 0 Å². The number of piperidine rings is 1. The van der Waals surface area contributed by atoms with Crippen molar-refractivity contribution in [2.24, 2.45) is 5.92 Å². The van der Waals surface area contributed by atoms with Crippen LogP contribution in [0.5, 0.6) is 0 Å². The number of benzene rings is 1. The molecule has 1 aliphatic heterocycles. The van der Waals surface area contributed by atoms with Crippen molar-refractivity contribution in [1.82, 2.24) is 14.9 Å². The fourth-order valence-corrected chi connectivity index (χ4v) is 3.69. The number of rotatable bonds is 7. The van der Waals surface area contributed by atoms with Crippen LogP contribution in [-0.2, 0) is 9.59 Å². The lowest BCUT2D eigenvalue weighted by Crippen LogP contribution is -2.47. The molecule has 7 heteroatoms. The molecule has 0 saturated carbocycles. The van der Waals surface area contributed by atoms with Crippen LogP contribution in [0.15, 0.2) is 42.7 Å². The number of anilines is 2. The predicted molar refractivity (Wildman–Crippen MR) is 114 cm³/mol. The molecule has 0 aliphatic carbocycles. The third-order valence-electron chi connectivity index (χ3n) is 5.16. The summed E-state index contributed by atoms with van der Waals surface area (Å²) in [6, 6.07) is 9.43. The van der Waals surface area contributed by atoms with Gasteiger partial charge in [-0.05, 0) is 43.9 Å². The minimum Gasteiger partial charge on any atom is -0.340 e. The maximum absolute atomic E-state index is 13.2. The number of nitrogens with one attached hydrogen (secondary N) is 1. The van der Waals surface area contributed by atoms with Gasteiger partial charge < -0.3 is 15.1 Å². The molecule has 2 heterocycles. The molecule has 2 aromatic rings. The van der Waals surface area contributed by atoms with Crippen molar-refractivity contribution < 1.29 is 9.59 Å². The van der Waals surface area contributed by atoms with Crippen LogP contribution >= 0.6 is 0 Å². The zero-order valence-corrected chi connectivity index (χ0v) is 17.2. The Hall–Kier alpha value is -2.96. The second-order valence-corrected chi connectivity index (χ2v) is 7.46. The fraction of sp³-hybridized carbons (Fsp3) is 0.455. The Morgan fingerprint density at radius 2 is 1.97 bits per heavy atom. The van der Waals surface area contributed by atoms with Gasteiger partial charge in [0.2, 0.25) is 17.8 Å². The van der Waals surface area contributed by atoms with Gasteiger partial charge in [0.15, 0.2) is 0 Å². The van der Waals surface area contributed by atoms with Gasteiger partial charge in [-0.2, -0.15) is 0 Å². The Kier molecular flexibility index (Phi) is 7.16. The standard InChI is InChI=1S/C22H29N5O2/c1-3-13-26(16-20(28)25-19-10-5-4-8-17(19)2)21(29)18-9-6-14-27(15-18)22-23-11-7-12-24-22/h4-5,7-8,10-12,18H,3,6,9,13-16H2,1-2H3,(H,25,28). The number of carbonyl (C=O) groups excluding carboxylic acids is 2. The van der Waals surface area contributed by atoms with Crippen LogP contribution in [0.1, 0.15) is 31.7 Å². The minimum atomic E-state index is -0.167. The molecule has 1 fully saturated rings. The minimum absolute atomic E-state index is 0.0346. The largest absolute Gasteiger partial charge is 0.340 e. The first-order valence-electron chi connectivity index (χ1n) is 10.2. The lowest BCUT2D eigenvalue weighted by Gasteiger charge is -2.34.